The van der Waals surface area contributed by atoms with Gasteiger partial charge in [-0.2, -0.15) is 0 Å². The zero-order valence-corrected chi connectivity index (χ0v) is 17.9. The zero-order chi connectivity index (χ0) is 20.5. The lowest BCUT2D eigenvalue weighted by Gasteiger charge is -2.36. The van der Waals surface area contributed by atoms with E-state index in [2.05, 4.69) is 48.3 Å². The molecule has 1 N–H and O–H groups in total. The molecule has 0 aliphatic carbocycles. The average Bonchev–Trinajstić information content (AvgIpc) is 2.69. The predicted octanol–water partition coefficient (Wildman–Crippen LogP) is 2.55. The summed E-state index contributed by atoms with van der Waals surface area (Å²) in [7, 11) is 0. The molecule has 3 amide bonds. The average molecular weight is 389 g/mol. The van der Waals surface area contributed by atoms with Crippen LogP contribution in [0.3, 0.4) is 0 Å². The second kappa shape index (κ2) is 11.1. The van der Waals surface area contributed by atoms with Gasteiger partial charge >= 0.3 is 6.03 Å². The summed E-state index contributed by atoms with van der Waals surface area (Å²) in [5.74, 6) is 0.596. The highest BCUT2D eigenvalue weighted by Crippen LogP contribution is 2.14. The summed E-state index contributed by atoms with van der Waals surface area (Å²) in [4.78, 5) is 30.5. The van der Waals surface area contributed by atoms with Gasteiger partial charge in [0.15, 0.2) is 0 Å². The Bertz CT molecular complexity index is 618. The lowest BCUT2D eigenvalue weighted by molar-refractivity contribution is -0.122. The fraction of sp³-hybridized carbons (Fsp3) is 0.636. The van der Waals surface area contributed by atoms with Gasteiger partial charge in [0, 0.05) is 45.8 Å². The van der Waals surface area contributed by atoms with Crippen molar-refractivity contribution in [2.24, 2.45) is 0 Å². The Morgan fingerprint density at radius 3 is 2.18 bits per heavy atom. The third-order valence-corrected chi connectivity index (χ3v) is 5.43. The molecule has 0 aromatic heterocycles. The van der Waals surface area contributed by atoms with Gasteiger partial charge in [-0.05, 0) is 37.3 Å². The summed E-state index contributed by atoms with van der Waals surface area (Å²) in [6, 6.07) is 8.74. The van der Waals surface area contributed by atoms with Gasteiger partial charge in [-0.1, -0.05) is 38.1 Å². The van der Waals surface area contributed by atoms with Gasteiger partial charge in [0.1, 0.15) is 0 Å². The number of rotatable bonds is 8. The first-order valence-electron chi connectivity index (χ1n) is 10.6. The maximum Gasteiger partial charge on any atom is 0.320 e. The van der Waals surface area contributed by atoms with Crippen molar-refractivity contribution in [2.45, 2.75) is 40.0 Å². The van der Waals surface area contributed by atoms with Gasteiger partial charge < -0.3 is 15.1 Å². The monoisotopic (exact) mass is 388 g/mol. The van der Waals surface area contributed by atoms with E-state index in [1.54, 1.807) is 0 Å². The smallest absolute Gasteiger partial charge is 0.320 e. The van der Waals surface area contributed by atoms with Crippen LogP contribution in [0.2, 0.25) is 0 Å². The summed E-state index contributed by atoms with van der Waals surface area (Å²) in [6.45, 7) is 13.8. The summed E-state index contributed by atoms with van der Waals surface area (Å²) in [6.07, 6.45) is 0.844. The molecule has 0 saturated carbocycles. The van der Waals surface area contributed by atoms with Crippen LogP contribution in [0.1, 0.15) is 44.7 Å². The van der Waals surface area contributed by atoms with Crippen LogP contribution in [0.15, 0.2) is 24.3 Å². The van der Waals surface area contributed by atoms with Gasteiger partial charge in [-0.3, -0.25) is 9.69 Å². The molecule has 1 aromatic carbocycles. The molecule has 6 heteroatoms. The molecule has 6 nitrogen and oxygen atoms in total. The van der Waals surface area contributed by atoms with Crippen LogP contribution < -0.4 is 5.32 Å². The number of urea groups is 1. The third kappa shape index (κ3) is 6.51. The normalized spacial score (nSPS) is 15.0. The highest BCUT2D eigenvalue weighted by molar-refractivity contribution is 5.78. The first-order valence-corrected chi connectivity index (χ1v) is 10.6. The van der Waals surface area contributed by atoms with Gasteiger partial charge in [0.05, 0.1) is 6.54 Å². The van der Waals surface area contributed by atoms with E-state index in [1.807, 2.05) is 23.6 Å². The summed E-state index contributed by atoms with van der Waals surface area (Å²) < 4.78 is 0. The minimum absolute atomic E-state index is 0.0577. The van der Waals surface area contributed by atoms with Crippen LogP contribution in [0.4, 0.5) is 4.79 Å². The number of carbonyl (C=O) groups is 2. The summed E-state index contributed by atoms with van der Waals surface area (Å²) >= 11 is 0. The molecular formula is C22H36N4O2. The minimum atomic E-state index is 0.0577. The van der Waals surface area contributed by atoms with Crippen molar-refractivity contribution in [3.8, 4) is 0 Å². The van der Waals surface area contributed by atoms with E-state index in [0.29, 0.717) is 32.1 Å². The van der Waals surface area contributed by atoms with E-state index >= 15 is 0 Å². The maximum atomic E-state index is 12.4. The molecule has 1 saturated heterocycles. The Labute approximate surface area is 169 Å². The lowest BCUT2D eigenvalue weighted by Crippen LogP contribution is -2.54. The Morgan fingerprint density at radius 1 is 1.04 bits per heavy atom. The molecule has 0 unspecified atom stereocenters. The Kier molecular flexibility index (Phi) is 8.77. The maximum absolute atomic E-state index is 12.4. The highest BCUT2D eigenvalue weighted by atomic mass is 16.2. The van der Waals surface area contributed by atoms with Crippen molar-refractivity contribution < 1.29 is 9.59 Å². The van der Waals surface area contributed by atoms with Crippen molar-refractivity contribution >= 4 is 11.9 Å². The molecule has 0 bridgehead atoms. The van der Waals surface area contributed by atoms with Crippen LogP contribution in [-0.4, -0.2) is 79.0 Å². The van der Waals surface area contributed by atoms with Crippen LogP contribution in [0, 0.1) is 0 Å². The SMILES string of the molecule is CCN(CC)C(=O)N1CCN(CC(=O)NCCc2ccc(C(C)C)cc2)CC1. The number of piperazine rings is 1. The second-order valence-electron chi connectivity index (χ2n) is 7.71. The molecule has 28 heavy (non-hydrogen) atoms. The van der Waals surface area contributed by atoms with Gasteiger partial charge in [0.2, 0.25) is 5.91 Å². The minimum Gasteiger partial charge on any atom is -0.355 e. The molecule has 1 fully saturated rings. The Balaban J connectivity index is 1.66. The molecule has 1 aliphatic heterocycles. The predicted molar refractivity (Wildman–Crippen MR) is 114 cm³/mol. The molecule has 0 radical (unpaired) electrons. The fourth-order valence-corrected chi connectivity index (χ4v) is 3.47. The van der Waals surface area contributed by atoms with E-state index in [1.165, 1.54) is 11.1 Å². The topological polar surface area (TPSA) is 55.9 Å². The number of amides is 3. The molecular weight excluding hydrogens is 352 g/mol. The van der Waals surface area contributed by atoms with Crippen LogP contribution in [0.5, 0.6) is 0 Å². The first kappa shape index (κ1) is 22.2. The molecule has 0 spiro atoms. The van der Waals surface area contributed by atoms with Crippen LogP contribution >= 0.6 is 0 Å². The Morgan fingerprint density at radius 2 is 1.64 bits per heavy atom. The van der Waals surface area contributed by atoms with E-state index in [-0.39, 0.29) is 11.9 Å². The van der Waals surface area contributed by atoms with Crippen molar-refractivity contribution in [3.05, 3.63) is 35.4 Å². The van der Waals surface area contributed by atoms with Crippen molar-refractivity contribution in [1.82, 2.24) is 20.0 Å². The molecule has 156 valence electrons. The highest BCUT2D eigenvalue weighted by Gasteiger charge is 2.24. The first-order chi connectivity index (χ1) is 13.4. The molecule has 1 heterocycles. The lowest BCUT2D eigenvalue weighted by atomic mass is 10.0. The van der Waals surface area contributed by atoms with Crippen LogP contribution in [-0.2, 0) is 11.2 Å². The molecule has 0 atom stereocenters. The van der Waals surface area contributed by atoms with Gasteiger partial charge in [-0.25, -0.2) is 4.79 Å². The van der Waals surface area contributed by atoms with Gasteiger partial charge in [0.25, 0.3) is 0 Å². The van der Waals surface area contributed by atoms with E-state index in [0.717, 1.165) is 32.6 Å². The van der Waals surface area contributed by atoms with E-state index < -0.39 is 0 Å². The quantitative estimate of drug-likeness (QED) is 0.745. The van der Waals surface area contributed by atoms with E-state index in [4.69, 9.17) is 0 Å². The summed E-state index contributed by atoms with van der Waals surface area (Å²) in [5, 5.41) is 3.02. The molecule has 1 aliphatic rings. The van der Waals surface area contributed by atoms with Crippen molar-refractivity contribution in [3.63, 3.8) is 0 Å². The Hall–Kier alpha value is -2.08. The standard InChI is InChI=1S/C22H36N4O2/c1-5-25(6-2)22(28)26-15-13-24(14-16-26)17-21(27)23-12-11-19-7-9-20(10-8-19)18(3)4/h7-10,18H,5-6,11-17H2,1-4H3,(H,23,27). The second-order valence-corrected chi connectivity index (χ2v) is 7.71. The summed E-state index contributed by atoms with van der Waals surface area (Å²) in [5.41, 5.74) is 2.58. The molecule has 1 aromatic rings. The van der Waals surface area contributed by atoms with Crippen LogP contribution in [0.25, 0.3) is 0 Å². The number of carbonyl (C=O) groups excluding carboxylic acids is 2. The van der Waals surface area contributed by atoms with Crippen molar-refractivity contribution in [2.75, 3.05) is 52.4 Å². The fourth-order valence-electron chi connectivity index (χ4n) is 3.47. The van der Waals surface area contributed by atoms with E-state index in [9.17, 15) is 9.59 Å². The number of nitrogens with one attached hydrogen (secondary N) is 1. The molecule has 2 rings (SSSR count). The number of benzene rings is 1. The number of hydrogen-bond donors (Lipinski definition) is 1. The third-order valence-electron chi connectivity index (χ3n) is 5.43. The van der Waals surface area contributed by atoms with Gasteiger partial charge in [-0.15, -0.1) is 0 Å². The largest absolute Gasteiger partial charge is 0.355 e. The number of nitrogens with zero attached hydrogens (tertiary/aromatic N) is 3. The number of hydrogen-bond acceptors (Lipinski definition) is 3. The zero-order valence-electron chi connectivity index (χ0n) is 17.9. The van der Waals surface area contributed by atoms with Crippen molar-refractivity contribution in [1.29, 1.82) is 0 Å².